The van der Waals surface area contributed by atoms with Gasteiger partial charge < -0.3 is 4.74 Å². The Balaban J connectivity index is 2.18. The lowest BCUT2D eigenvalue weighted by atomic mass is 10.1. The number of carbonyl (C=O) groups excluding carboxylic acids is 1. The van der Waals surface area contributed by atoms with E-state index < -0.39 is 5.97 Å². The molecule has 1 heterocycles. The lowest BCUT2D eigenvalue weighted by Gasteiger charge is -2.02. The minimum Gasteiger partial charge on any atom is -0.404 e. The van der Waals surface area contributed by atoms with Crippen molar-refractivity contribution in [2.24, 2.45) is 0 Å². The fraction of sp³-hybridized carbons (Fsp3) is 0. The van der Waals surface area contributed by atoms with Crippen LogP contribution in [0.4, 0.5) is 0 Å². The third-order valence-electron chi connectivity index (χ3n) is 2.06. The topological polar surface area (TPSA) is 63.0 Å². The number of esters is 1. The monoisotopic (exact) mass is 224 g/mol. The van der Waals surface area contributed by atoms with Gasteiger partial charge in [0.25, 0.3) is 0 Å². The molecule has 0 saturated heterocycles. The summed E-state index contributed by atoms with van der Waals surface area (Å²) in [4.78, 5) is 15.6. The third kappa shape index (κ3) is 2.67. The molecule has 0 N–H and O–H groups in total. The van der Waals surface area contributed by atoms with Crippen LogP contribution in [0.1, 0.15) is 15.9 Å². The molecule has 0 aliphatic carbocycles. The summed E-state index contributed by atoms with van der Waals surface area (Å²) >= 11 is 0. The van der Waals surface area contributed by atoms with Gasteiger partial charge in [-0.25, -0.2) is 9.78 Å². The second-order valence-electron chi connectivity index (χ2n) is 3.25. The number of nitriles is 1. The maximum atomic E-state index is 11.7. The van der Waals surface area contributed by atoms with E-state index in [1.54, 1.807) is 36.4 Å². The molecular weight excluding hydrogens is 216 g/mol. The van der Waals surface area contributed by atoms with Crippen LogP contribution in [0.5, 0.6) is 5.88 Å². The van der Waals surface area contributed by atoms with E-state index in [0.29, 0.717) is 11.1 Å². The van der Waals surface area contributed by atoms with Crippen LogP contribution in [0.25, 0.3) is 0 Å². The normalized spacial score (nSPS) is 9.35. The average molecular weight is 224 g/mol. The van der Waals surface area contributed by atoms with Gasteiger partial charge in [-0.3, -0.25) is 0 Å². The summed E-state index contributed by atoms with van der Waals surface area (Å²) in [6, 6.07) is 13.3. The van der Waals surface area contributed by atoms with Crippen molar-refractivity contribution in [3.05, 3.63) is 59.8 Å². The molecule has 4 nitrogen and oxygen atoms in total. The highest BCUT2D eigenvalue weighted by atomic mass is 16.5. The largest absolute Gasteiger partial charge is 0.404 e. The Morgan fingerprint density at radius 1 is 1.24 bits per heavy atom. The number of hydrogen-bond acceptors (Lipinski definition) is 4. The quantitative estimate of drug-likeness (QED) is 0.733. The van der Waals surface area contributed by atoms with Crippen LogP contribution >= 0.6 is 0 Å². The molecule has 0 spiro atoms. The van der Waals surface area contributed by atoms with Crippen molar-refractivity contribution >= 4 is 5.97 Å². The molecule has 0 bridgehead atoms. The van der Waals surface area contributed by atoms with Crippen molar-refractivity contribution in [1.29, 1.82) is 5.26 Å². The van der Waals surface area contributed by atoms with Gasteiger partial charge >= 0.3 is 5.97 Å². The molecule has 17 heavy (non-hydrogen) atoms. The average Bonchev–Trinajstić information content (AvgIpc) is 2.40. The Hall–Kier alpha value is -2.67. The smallest absolute Gasteiger partial charge is 0.344 e. The molecule has 0 saturated carbocycles. The first kappa shape index (κ1) is 10.8. The zero-order chi connectivity index (χ0) is 12.1. The van der Waals surface area contributed by atoms with Gasteiger partial charge in [0, 0.05) is 12.3 Å². The highest BCUT2D eigenvalue weighted by Gasteiger charge is 2.09. The fourth-order valence-corrected chi connectivity index (χ4v) is 1.28. The van der Waals surface area contributed by atoms with Crippen LogP contribution in [-0.4, -0.2) is 11.0 Å². The van der Waals surface area contributed by atoms with Gasteiger partial charge in [0.2, 0.25) is 5.88 Å². The van der Waals surface area contributed by atoms with Crippen LogP contribution in [-0.2, 0) is 0 Å². The van der Waals surface area contributed by atoms with E-state index in [2.05, 4.69) is 4.98 Å². The van der Waals surface area contributed by atoms with Crippen LogP contribution in [0.15, 0.2) is 48.7 Å². The minimum absolute atomic E-state index is 0.236. The molecule has 0 radical (unpaired) electrons. The summed E-state index contributed by atoms with van der Waals surface area (Å²) < 4.78 is 5.04. The summed E-state index contributed by atoms with van der Waals surface area (Å²) in [5.41, 5.74) is 0.746. The minimum atomic E-state index is -0.527. The predicted octanol–water partition coefficient (Wildman–Crippen LogP) is 2.17. The number of ether oxygens (including phenoxy) is 1. The Bertz CT molecular complexity index is 573. The van der Waals surface area contributed by atoms with Crippen molar-refractivity contribution in [1.82, 2.24) is 4.98 Å². The lowest BCUT2D eigenvalue weighted by Crippen LogP contribution is -2.09. The van der Waals surface area contributed by atoms with Crippen molar-refractivity contribution in [2.75, 3.05) is 0 Å². The SMILES string of the molecule is N#Cc1cccc(C(=O)Oc2ccccn2)c1. The van der Waals surface area contributed by atoms with Gasteiger partial charge in [-0.2, -0.15) is 5.26 Å². The zero-order valence-corrected chi connectivity index (χ0v) is 8.83. The summed E-state index contributed by atoms with van der Waals surface area (Å²) in [6.07, 6.45) is 1.54. The number of hydrogen-bond donors (Lipinski definition) is 0. The number of aromatic nitrogens is 1. The molecule has 0 aliphatic heterocycles. The first-order valence-electron chi connectivity index (χ1n) is 4.93. The van der Waals surface area contributed by atoms with Crippen molar-refractivity contribution in [3.8, 4) is 11.9 Å². The number of rotatable bonds is 2. The highest BCUT2D eigenvalue weighted by molar-refractivity contribution is 5.91. The van der Waals surface area contributed by atoms with E-state index in [1.807, 2.05) is 6.07 Å². The van der Waals surface area contributed by atoms with Gasteiger partial charge in [0.1, 0.15) is 0 Å². The molecule has 4 heteroatoms. The van der Waals surface area contributed by atoms with E-state index >= 15 is 0 Å². The first-order valence-corrected chi connectivity index (χ1v) is 4.93. The molecule has 0 aliphatic rings. The molecule has 1 aromatic carbocycles. The maximum absolute atomic E-state index is 11.7. The lowest BCUT2D eigenvalue weighted by molar-refractivity contribution is 0.0727. The van der Waals surface area contributed by atoms with Gasteiger partial charge in [-0.1, -0.05) is 12.1 Å². The molecule has 2 rings (SSSR count). The molecule has 0 unspecified atom stereocenters. The fourth-order valence-electron chi connectivity index (χ4n) is 1.28. The Morgan fingerprint density at radius 2 is 2.12 bits per heavy atom. The zero-order valence-electron chi connectivity index (χ0n) is 8.83. The van der Waals surface area contributed by atoms with Crippen molar-refractivity contribution in [3.63, 3.8) is 0 Å². The summed E-state index contributed by atoms with van der Waals surface area (Å²) in [5, 5.41) is 8.72. The van der Waals surface area contributed by atoms with E-state index in [9.17, 15) is 4.79 Å². The Morgan fingerprint density at radius 3 is 2.82 bits per heavy atom. The van der Waals surface area contributed by atoms with Gasteiger partial charge in [-0.05, 0) is 24.3 Å². The van der Waals surface area contributed by atoms with Gasteiger partial charge in [0.05, 0.1) is 17.2 Å². The number of benzene rings is 1. The molecule has 0 atom stereocenters. The van der Waals surface area contributed by atoms with E-state index in [4.69, 9.17) is 10.00 Å². The van der Waals surface area contributed by atoms with E-state index in [1.165, 1.54) is 12.3 Å². The molecule has 1 aromatic heterocycles. The first-order chi connectivity index (χ1) is 8.29. The predicted molar refractivity (Wildman–Crippen MR) is 60.4 cm³/mol. The highest BCUT2D eigenvalue weighted by Crippen LogP contribution is 2.09. The molecular formula is C13H8N2O2. The van der Waals surface area contributed by atoms with Crippen molar-refractivity contribution < 1.29 is 9.53 Å². The van der Waals surface area contributed by atoms with Gasteiger partial charge in [-0.15, -0.1) is 0 Å². The molecule has 0 fully saturated rings. The maximum Gasteiger partial charge on any atom is 0.344 e. The molecule has 0 amide bonds. The number of nitrogens with zero attached hydrogens (tertiary/aromatic N) is 2. The van der Waals surface area contributed by atoms with Crippen LogP contribution < -0.4 is 4.74 Å². The van der Waals surface area contributed by atoms with Gasteiger partial charge in [0.15, 0.2) is 0 Å². The standard InChI is InChI=1S/C13H8N2O2/c14-9-10-4-3-5-11(8-10)13(16)17-12-6-1-2-7-15-12/h1-8H. The van der Waals surface area contributed by atoms with E-state index in [0.717, 1.165) is 0 Å². The number of pyridine rings is 1. The summed E-state index contributed by atoms with van der Waals surface area (Å²) in [6.45, 7) is 0. The van der Waals surface area contributed by atoms with Crippen LogP contribution in [0.3, 0.4) is 0 Å². The van der Waals surface area contributed by atoms with Crippen molar-refractivity contribution in [2.45, 2.75) is 0 Å². The molecule has 82 valence electrons. The van der Waals surface area contributed by atoms with Crippen LogP contribution in [0.2, 0.25) is 0 Å². The van der Waals surface area contributed by atoms with Crippen LogP contribution in [0, 0.1) is 11.3 Å². The summed E-state index contributed by atoms with van der Waals surface area (Å²) in [5.74, 6) is -0.291. The van der Waals surface area contributed by atoms with E-state index in [-0.39, 0.29) is 5.88 Å². The third-order valence-corrected chi connectivity index (χ3v) is 2.06. The number of carbonyl (C=O) groups is 1. The second kappa shape index (κ2) is 4.90. The summed E-state index contributed by atoms with van der Waals surface area (Å²) in [7, 11) is 0. The second-order valence-corrected chi connectivity index (χ2v) is 3.25. The molecule has 2 aromatic rings. The Labute approximate surface area is 98.1 Å². The Kier molecular flexibility index (Phi) is 3.13.